The number of nitrogens with zero attached hydrogens (tertiary/aromatic N) is 3. The summed E-state index contributed by atoms with van der Waals surface area (Å²) in [6.45, 7) is 7.33. The predicted octanol–water partition coefficient (Wildman–Crippen LogP) is 1.21. The molecule has 0 unspecified atom stereocenters. The van der Waals surface area contributed by atoms with Gasteiger partial charge >= 0.3 is 0 Å². The Balaban J connectivity index is 2.34. The molecular formula is C15H22N4O2. The predicted molar refractivity (Wildman–Crippen MR) is 81.2 cm³/mol. The van der Waals surface area contributed by atoms with Crippen LogP contribution in [0.5, 0.6) is 0 Å². The fourth-order valence-electron chi connectivity index (χ4n) is 2.63. The number of pyridine rings is 1. The molecular weight excluding hydrogens is 268 g/mol. The number of hydrogen-bond acceptors (Lipinski definition) is 4. The van der Waals surface area contributed by atoms with Gasteiger partial charge in [-0.3, -0.25) is 14.6 Å². The zero-order valence-corrected chi connectivity index (χ0v) is 13.0. The number of nitrogens with one attached hydrogen (secondary N) is 1. The first-order valence-corrected chi connectivity index (χ1v) is 7.15. The molecule has 0 bridgehead atoms. The third-order valence-corrected chi connectivity index (χ3v) is 3.87. The lowest BCUT2D eigenvalue weighted by atomic mass is 9.96. The van der Waals surface area contributed by atoms with Crippen molar-refractivity contribution in [3.63, 3.8) is 0 Å². The highest BCUT2D eigenvalue weighted by molar-refractivity contribution is 6.03. The van der Waals surface area contributed by atoms with Crippen molar-refractivity contribution in [2.24, 2.45) is 0 Å². The zero-order chi connectivity index (χ0) is 15.6. The van der Waals surface area contributed by atoms with Crippen LogP contribution in [0.2, 0.25) is 0 Å². The first kappa shape index (κ1) is 15.3. The van der Waals surface area contributed by atoms with Crippen LogP contribution in [0.15, 0.2) is 18.5 Å². The molecule has 1 N–H and O–H groups in total. The molecule has 1 fully saturated rings. The van der Waals surface area contributed by atoms with Gasteiger partial charge in [-0.05, 0) is 26.8 Å². The van der Waals surface area contributed by atoms with E-state index in [0.29, 0.717) is 30.9 Å². The minimum atomic E-state index is -0.836. The maximum atomic E-state index is 12.9. The van der Waals surface area contributed by atoms with E-state index in [1.165, 1.54) is 0 Å². The van der Waals surface area contributed by atoms with E-state index in [9.17, 15) is 9.59 Å². The van der Waals surface area contributed by atoms with Crippen LogP contribution in [0, 0.1) is 0 Å². The van der Waals surface area contributed by atoms with Crippen molar-refractivity contribution in [3.05, 3.63) is 24.0 Å². The molecule has 1 aromatic rings. The van der Waals surface area contributed by atoms with Crippen molar-refractivity contribution in [1.82, 2.24) is 14.8 Å². The highest BCUT2D eigenvalue weighted by atomic mass is 16.2. The molecule has 2 heterocycles. The largest absolute Gasteiger partial charge is 0.383 e. The van der Waals surface area contributed by atoms with E-state index in [4.69, 9.17) is 0 Å². The van der Waals surface area contributed by atoms with E-state index in [0.717, 1.165) is 0 Å². The number of hydrogen-bond donors (Lipinski definition) is 1. The summed E-state index contributed by atoms with van der Waals surface area (Å²) in [5.74, 6) is -0.180. The van der Waals surface area contributed by atoms with Gasteiger partial charge in [0.1, 0.15) is 5.54 Å². The lowest BCUT2D eigenvalue weighted by Crippen LogP contribution is -2.63. The fourth-order valence-corrected chi connectivity index (χ4v) is 2.63. The number of likely N-dealkylation sites (N-methyl/N-ethyl adjacent to an activating group) is 1. The average Bonchev–Trinajstić information content (AvgIpc) is 2.45. The molecule has 6 heteroatoms. The van der Waals surface area contributed by atoms with Crippen molar-refractivity contribution in [2.75, 3.05) is 32.0 Å². The third kappa shape index (κ3) is 2.70. The minimum Gasteiger partial charge on any atom is -0.383 e. The molecule has 0 aliphatic carbocycles. The number of aromatic nitrogens is 1. The van der Waals surface area contributed by atoms with Crippen LogP contribution in [-0.4, -0.2) is 58.8 Å². The number of amides is 2. The van der Waals surface area contributed by atoms with E-state index in [2.05, 4.69) is 10.3 Å². The first-order valence-electron chi connectivity index (χ1n) is 7.15. The molecule has 1 saturated heterocycles. The normalized spacial score (nSPS) is 17.8. The second-order valence-electron chi connectivity index (χ2n) is 5.69. The highest BCUT2D eigenvalue weighted by Crippen LogP contribution is 2.26. The maximum absolute atomic E-state index is 12.9. The van der Waals surface area contributed by atoms with Crippen LogP contribution < -0.4 is 5.32 Å². The van der Waals surface area contributed by atoms with Crippen molar-refractivity contribution in [1.29, 1.82) is 0 Å². The van der Waals surface area contributed by atoms with Crippen LogP contribution in [0.25, 0.3) is 0 Å². The summed E-state index contributed by atoms with van der Waals surface area (Å²) in [5, 5.41) is 3.14. The van der Waals surface area contributed by atoms with Gasteiger partial charge in [0.2, 0.25) is 5.91 Å². The van der Waals surface area contributed by atoms with Gasteiger partial charge in [0.05, 0.1) is 17.4 Å². The molecule has 0 atom stereocenters. The number of rotatable bonds is 3. The van der Waals surface area contributed by atoms with Gasteiger partial charge in [0.15, 0.2) is 0 Å². The fraction of sp³-hybridized carbons (Fsp3) is 0.533. The van der Waals surface area contributed by atoms with Crippen molar-refractivity contribution < 1.29 is 9.59 Å². The van der Waals surface area contributed by atoms with Crippen molar-refractivity contribution in [3.8, 4) is 0 Å². The Kier molecular flexibility index (Phi) is 4.16. The summed E-state index contributed by atoms with van der Waals surface area (Å²) in [6.07, 6.45) is 3.24. The van der Waals surface area contributed by atoms with Gasteiger partial charge in [-0.2, -0.15) is 0 Å². The maximum Gasteiger partial charge on any atom is 0.257 e. The van der Waals surface area contributed by atoms with E-state index in [-0.39, 0.29) is 11.8 Å². The SMILES string of the molecule is CCNc1cnccc1C(=O)N1CCN(C)C(=O)C1(C)C. The Bertz CT molecular complexity index is 556. The molecule has 0 aromatic carbocycles. The molecule has 1 aliphatic heterocycles. The summed E-state index contributed by atoms with van der Waals surface area (Å²) >= 11 is 0. The Morgan fingerprint density at radius 1 is 1.43 bits per heavy atom. The number of piperazine rings is 1. The van der Waals surface area contributed by atoms with Gasteiger partial charge < -0.3 is 15.1 Å². The zero-order valence-electron chi connectivity index (χ0n) is 13.0. The second-order valence-corrected chi connectivity index (χ2v) is 5.69. The monoisotopic (exact) mass is 290 g/mol. The summed E-state index contributed by atoms with van der Waals surface area (Å²) < 4.78 is 0. The van der Waals surface area contributed by atoms with Crippen LogP contribution in [-0.2, 0) is 4.79 Å². The topological polar surface area (TPSA) is 65.5 Å². The second kappa shape index (κ2) is 5.71. The molecule has 0 radical (unpaired) electrons. The summed E-state index contributed by atoms with van der Waals surface area (Å²) in [5.41, 5.74) is 0.418. The molecule has 2 amide bonds. The molecule has 2 rings (SSSR count). The molecule has 21 heavy (non-hydrogen) atoms. The lowest BCUT2D eigenvalue weighted by molar-refractivity contribution is -0.144. The van der Waals surface area contributed by atoms with Crippen molar-refractivity contribution >= 4 is 17.5 Å². The summed E-state index contributed by atoms with van der Waals surface area (Å²) in [7, 11) is 1.77. The summed E-state index contributed by atoms with van der Waals surface area (Å²) in [6, 6.07) is 1.69. The van der Waals surface area contributed by atoms with Gasteiger partial charge in [-0.15, -0.1) is 0 Å². The Labute approximate surface area is 125 Å². The van der Waals surface area contributed by atoms with Gasteiger partial charge in [0, 0.05) is 32.9 Å². The minimum absolute atomic E-state index is 0.0406. The van der Waals surface area contributed by atoms with E-state index >= 15 is 0 Å². The molecule has 1 aromatic heterocycles. The van der Waals surface area contributed by atoms with Gasteiger partial charge in [-0.1, -0.05) is 0 Å². The smallest absolute Gasteiger partial charge is 0.257 e. The van der Waals surface area contributed by atoms with E-state index in [1.54, 1.807) is 49.2 Å². The third-order valence-electron chi connectivity index (χ3n) is 3.87. The Morgan fingerprint density at radius 3 is 2.81 bits per heavy atom. The van der Waals surface area contributed by atoms with E-state index < -0.39 is 5.54 Å². The number of carbonyl (C=O) groups is 2. The van der Waals surface area contributed by atoms with Gasteiger partial charge in [-0.25, -0.2) is 0 Å². The molecule has 0 spiro atoms. The molecule has 6 nitrogen and oxygen atoms in total. The van der Waals surface area contributed by atoms with Crippen LogP contribution >= 0.6 is 0 Å². The number of anilines is 1. The highest BCUT2D eigenvalue weighted by Gasteiger charge is 2.43. The lowest BCUT2D eigenvalue weighted by Gasteiger charge is -2.44. The van der Waals surface area contributed by atoms with Crippen LogP contribution in [0.1, 0.15) is 31.1 Å². The summed E-state index contributed by atoms with van der Waals surface area (Å²) in [4.78, 5) is 32.5. The Morgan fingerprint density at radius 2 is 2.14 bits per heavy atom. The standard InChI is InChI=1S/C15H22N4O2/c1-5-17-12-10-16-7-6-11(12)13(20)19-9-8-18(4)14(21)15(19,2)3/h6-7,10,17H,5,8-9H2,1-4H3. The Hall–Kier alpha value is -2.11. The van der Waals surface area contributed by atoms with Gasteiger partial charge in [0.25, 0.3) is 5.91 Å². The van der Waals surface area contributed by atoms with E-state index in [1.807, 2.05) is 6.92 Å². The van der Waals surface area contributed by atoms with Crippen LogP contribution in [0.4, 0.5) is 5.69 Å². The number of carbonyl (C=O) groups excluding carboxylic acids is 2. The quantitative estimate of drug-likeness (QED) is 0.908. The molecule has 0 saturated carbocycles. The van der Waals surface area contributed by atoms with Crippen LogP contribution in [0.3, 0.4) is 0 Å². The van der Waals surface area contributed by atoms with Crippen molar-refractivity contribution in [2.45, 2.75) is 26.3 Å². The average molecular weight is 290 g/mol. The molecule has 114 valence electrons. The molecule has 1 aliphatic rings. The first-order chi connectivity index (χ1) is 9.89.